The molecule has 0 aromatic heterocycles. The first kappa shape index (κ1) is 13.4. The molecule has 0 heterocycles. The number of amides is 1. The summed E-state index contributed by atoms with van der Waals surface area (Å²) in [4.78, 5) is 10.3. The van der Waals surface area contributed by atoms with E-state index in [9.17, 15) is 4.79 Å². The highest BCUT2D eigenvalue weighted by molar-refractivity contribution is 5.85. The van der Waals surface area contributed by atoms with Crippen molar-refractivity contribution >= 4 is 18.3 Å². The normalized spacial score (nSPS) is 8.82. The highest BCUT2D eigenvalue weighted by Gasteiger charge is 1.92. The third-order valence-electron chi connectivity index (χ3n) is 1.53. The molecule has 0 atom stereocenters. The van der Waals surface area contributed by atoms with Crippen LogP contribution in [0.25, 0.3) is 0 Å². The van der Waals surface area contributed by atoms with Crippen LogP contribution in [0.15, 0.2) is 0 Å². The molecule has 0 rings (SSSR count). The van der Waals surface area contributed by atoms with E-state index in [2.05, 4.69) is 6.92 Å². The number of unbranched alkanes of at least 4 members (excludes halogenated alkanes) is 4. The van der Waals surface area contributed by atoms with Crippen molar-refractivity contribution < 1.29 is 4.79 Å². The van der Waals surface area contributed by atoms with Crippen LogP contribution in [0.4, 0.5) is 0 Å². The Bertz CT molecular complexity index is 96.1. The molecule has 0 fully saturated rings. The summed E-state index contributed by atoms with van der Waals surface area (Å²) in [6.07, 6.45) is 6.44. The quantitative estimate of drug-likeness (QED) is 0.625. The monoisotopic (exact) mass is 179 g/mol. The van der Waals surface area contributed by atoms with Crippen LogP contribution < -0.4 is 5.73 Å². The molecule has 11 heavy (non-hydrogen) atoms. The molecule has 0 saturated heterocycles. The fourth-order valence-electron chi connectivity index (χ4n) is 0.903. The average Bonchev–Trinajstić information content (AvgIpc) is 1.87. The minimum Gasteiger partial charge on any atom is -0.370 e. The Morgan fingerprint density at radius 1 is 1.18 bits per heavy atom. The maximum absolute atomic E-state index is 10.3. The molecule has 0 radical (unpaired) electrons. The molecule has 0 aliphatic heterocycles. The number of halogens is 1. The first-order chi connectivity index (χ1) is 4.77. The molecule has 1 amide bonds. The lowest BCUT2D eigenvalue weighted by Crippen LogP contribution is -2.09. The third-order valence-corrected chi connectivity index (χ3v) is 1.53. The SMILES string of the molecule is CCCCCCCC(N)=O.Cl. The van der Waals surface area contributed by atoms with Crippen molar-refractivity contribution in [2.45, 2.75) is 45.4 Å². The van der Waals surface area contributed by atoms with Crippen molar-refractivity contribution in [3.8, 4) is 0 Å². The number of carbonyl (C=O) groups is 1. The van der Waals surface area contributed by atoms with E-state index in [0.29, 0.717) is 6.42 Å². The Morgan fingerprint density at radius 2 is 1.73 bits per heavy atom. The summed E-state index contributed by atoms with van der Waals surface area (Å²) in [7, 11) is 0. The zero-order chi connectivity index (χ0) is 7.82. The molecule has 2 N–H and O–H groups in total. The van der Waals surface area contributed by atoms with Crippen LogP contribution in [0.2, 0.25) is 0 Å². The lowest BCUT2D eigenvalue weighted by Gasteiger charge is -1.95. The standard InChI is InChI=1S/C8H17NO.ClH/c1-2-3-4-5-6-7-8(9)10;/h2-7H2,1H3,(H2,9,10);1H. The second-order valence-electron chi connectivity index (χ2n) is 2.63. The van der Waals surface area contributed by atoms with Crippen LogP contribution in [-0.2, 0) is 4.79 Å². The van der Waals surface area contributed by atoms with Gasteiger partial charge in [0.2, 0.25) is 5.91 Å². The van der Waals surface area contributed by atoms with Crippen molar-refractivity contribution in [3.63, 3.8) is 0 Å². The number of rotatable bonds is 6. The van der Waals surface area contributed by atoms with Crippen LogP contribution in [0, 0.1) is 0 Å². The van der Waals surface area contributed by atoms with Crippen molar-refractivity contribution in [3.05, 3.63) is 0 Å². The smallest absolute Gasteiger partial charge is 0.217 e. The third kappa shape index (κ3) is 12.9. The van der Waals surface area contributed by atoms with E-state index in [1.165, 1.54) is 19.3 Å². The van der Waals surface area contributed by atoms with E-state index in [0.717, 1.165) is 12.8 Å². The number of hydrogen-bond acceptors (Lipinski definition) is 1. The summed E-state index contributed by atoms with van der Waals surface area (Å²) in [5, 5.41) is 0. The molecule has 0 unspecified atom stereocenters. The lowest BCUT2D eigenvalue weighted by atomic mass is 10.1. The summed E-state index contributed by atoms with van der Waals surface area (Å²) in [5.74, 6) is -0.170. The molecule has 68 valence electrons. The predicted octanol–water partition coefficient (Wildman–Crippen LogP) is 2.25. The Kier molecular flexibility index (Phi) is 11.9. The number of carbonyl (C=O) groups excluding carboxylic acids is 1. The topological polar surface area (TPSA) is 43.1 Å². The van der Waals surface area contributed by atoms with Crippen LogP contribution in [0.5, 0.6) is 0 Å². The van der Waals surface area contributed by atoms with Gasteiger partial charge in [0.25, 0.3) is 0 Å². The van der Waals surface area contributed by atoms with Gasteiger partial charge in [-0.15, -0.1) is 12.4 Å². The van der Waals surface area contributed by atoms with Gasteiger partial charge in [0.15, 0.2) is 0 Å². The van der Waals surface area contributed by atoms with E-state index in [4.69, 9.17) is 5.73 Å². The largest absolute Gasteiger partial charge is 0.370 e. The fourth-order valence-corrected chi connectivity index (χ4v) is 0.903. The van der Waals surface area contributed by atoms with Gasteiger partial charge in [-0.1, -0.05) is 32.6 Å². The van der Waals surface area contributed by atoms with Crippen molar-refractivity contribution in [2.75, 3.05) is 0 Å². The van der Waals surface area contributed by atoms with Gasteiger partial charge in [-0.3, -0.25) is 4.79 Å². The maximum atomic E-state index is 10.3. The summed E-state index contributed by atoms with van der Waals surface area (Å²) < 4.78 is 0. The van der Waals surface area contributed by atoms with E-state index in [1.54, 1.807) is 0 Å². The molecule has 0 bridgehead atoms. The van der Waals surface area contributed by atoms with E-state index >= 15 is 0 Å². The first-order valence-electron chi connectivity index (χ1n) is 4.05. The predicted molar refractivity (Wildman–Crippen MR) is 49.8 cm³/mol. The second kappa shape index (κ2) is 9.76. The highest BCUT2D eigenvalue weighted by Crippen LogP contribution is 2.03. The van der Waals surface area contributed by atoms with Gasteiger partial charge < -0.3 is 5.73 Å². The van der Waals surface area contributed by atoms with Gasteiger partial charge in [0.05, 0.1) is 0 Å². The summed E-state index contributed by atoms with van der Waals surface area (Å²) in [6.45, 7) is 2.17. The fraction of sp³-hybridized carbons (Fsp3) is 0.875. The van der Waals surface area contributed by atoms with Crippen LogP contribution in [0.1, 0.15) is 45.4 Å². The van der Waals surface area contributed by atoms with Crippen molar-refractivity contribution in [2.24, 2.45) is 5.73 Å². The average molecular weight is 180 g/mol. The highest BCUT2D eigenvalue weighted by atomic mass is 35.5. The zero-order valence-corrected chi connectivity index (χ0v) is 7.95. The zero-order valence-electron chi connectivity index (χ0n) is 7.14. The van der Waals surface area contributed by atoms with Gasteiger partial charge in [-0.05, 0) is 6.42 Å². The van der Waals surface area contributed by atoms with Crippen LogP contribution >= 0.6 is 12.4 Å². The van der Waals surface area contributed by atoms with E-state index in [-0.39, 0.29) is 18.3 Å². The van der Waals surface area contributed by atoms with Gasteiger partial charge in [0.1, 0.15) is 0 Å². The molecule has 0 aromatic rings. The Balaban J connectivity index is 0. The Hall–Kier alpha value is -0.240. The van der Waals surface area contributed by atoms with Gasteiger partial charge >= 0.3 is 0 Å². The van der Waals surface area contributed by atoms with Crippen LogP contribution in [0.3, 0.4) is 0 Å². The van der Waals surface area contributed by atoms with E-state index < -0.39 is 0 Å². The molecule has 3 heteroatoms. The van der Waals surface area contributed by atoms with E-state index in [1.807, 2.05) is 0 Å². The molecular weight excluding hydrogens is 162 g/mol. The van der Waals surface area contributed by atoms with Gasteiger partial charge in [-0.25, -0.2) is 0 Å². The molecule has 0 aliphatic rings. The van der Waals surface area contributed by atoms with Gasteiger partial charge in [-0.2, -0.15) is 0 Å². The molecular formula is C8H18ClNO. The van der Waals surface area contributed by atoms with Crippen molar-refractivity contribution in [1.82, 2.24) is 0 Å². The minimum atomic E-state index is -0.170. The van der Waals surface area contributed by atoms with Gasteiger partial charge in [0, 0.05) is 6.42 Å². The Labute approximate surface area is 74.9 Å². The lowest BCUT2D eigenvalue weighted by molar-refractivity contribution is -0.118. The molecule has 0 aliphatic carbocycles. The number of primary amides is 1. The summed E-state index contributed by atoms with van der Waals surface area (Å²) in [5.41, 5.74) is 4.97. The summed E-state index contributed by atoms with van der Waals surface area (Å²) >= 11 is 0. The Morgan fingerprint density at radius 3 is 2.18 bits per heavy atom. The van der Waals surface area contributed by atoms with Crippen LogP contribution in [-0.4, -0.2) is 5.91 Å². The molecule has 0 aromatic carbocycles. The number of hydrogen-bond donors (Lipinski definition) is 1. The maximum Gasteiger partial charge on any atom is 0.217 e. The molecule has 0 saturated carbocycles. The first-order valence-corrected chi connectivity index (χ1v) is 4.05. The molecule has 2 nitrogen and oxygen atoms in total. The minimum absolute atomic E-state index is 0. The summed E-state index contributed by atoms with van der Waals surface area (Å²) in [6, 6.07) is 0. The number of nitrogens with two attached hydrogens (primary N) is 1. The van der Waals surface area contributed by atoms with Crippen molar-refractivity contribution in [1.29, 1.82) is 0 Å². The molecule has 0 spiro atoms. The second-order valence-corrected chi connectivity index (χ2v) is 2.63.